The van der Waals surface area contributed by atoms with Crippen molar-refractivity contribution in [2.75, 3.05) is 13.3 Å². The van der Waals surface area contributed by atoms with Crippen LogP contribution in [0.25, 0.3) is 0 Å². The highest BCUT2D eigenvalue weighted by molar-refractivity contribution is 7.63. The lowest BCUT2D eigenvalue weighted by Gasteiger charge is -2.37. The van der Waals surface area contributed by atoms with Crippen molar-refractivity contribution in [3.63, 3.8) is 0 Å². The van der Waals surface area contributed by atoms with Crippen molar-refractivity contribution in [2.45, 2.75) is 130 Å². The molecule has 1 aliphatic heterocycles. The second kappa shape index (κ2) is 17.3. The van der Waals surface area contributed by atoms with Gasteiger partial charge in [-0.1, -0.05) is 51.0 Å². The maximum atomic E-state index is 12.7. The van der Waals surface area contributed by atoms with Crippen LogP contribution in [0.2, 0.25) is 0 Å². The first kappa shape index (κ1) is 36.1. The van der Waals surface area contributed by atoms with Crippen molar-refractivity contribution in [1.82, 2.24) is 0 Å². The lowest BCUT2D eigenvalue weighted by atomic mass is 9.85. The third-order valence-corrected chi connectivity index (χ3v) is 12.4. The topological polar surface area (TPSA) is 69.7 Å². The van der Waals surface area contributed by atoms with Crippen molar-refractivity contribution in [3.05, 3.63) is 57.7 Å². The van der Waals surface area contributed by atoms with Gasteiger partial charge in [0.1, 0.15) is 30.4 Å². The fourth-order valence-corrected chi connectivity index (χ4v) is 8.42. The molecule has 0 saturated carbocycles. The zero-order chi connectivity index (χ0) is 31.4. The molecule has 1 aromatic rings. The summed E-state index contributed by atoms with van der Waals surface area (Å²) in [4.78, 5) is 12.7. The molecule has 0 aromatic heterocycles. The van der Waals surface area contributed by atoms with Gasteiger partial charge >= 0.3 is 27.0 Å². The third kappa shape index (κ3) is 11.5. The van der Waals surface area contributed by atoms with Crippen LogP contribution in [0.15, 0.2) is 41.0 Å². The summed E-state index contributed by atoms with van der Waals surface area (Å²) in [7, 11) is -3.22. The Kier molecular flexibility index (Phi) is 14.8. The number of benzene rings is 1. The van der Waals surface area contributed by atoms with Gasteiger partial charge in [0.25, 0.3) is 0 Å². The number of fused-ring (bicyclic) bond motifs is 1. The molecule has 0 amide bonds. The van der Waals surface area contributed by atoms with E-state index in [1.165, 1.54) is 16.7 Å². The maximum Gasteiger partial charge on any atom is 0.389 e. The van der Waals surface area contributed by atoms with E-state index in [-0.39, 0.29) is 18.0 Å². The lowest BCUT2D eigenvalue weighted by Crippen LogP contribution is -2.36. The molecule has 0 saturated heterocycles. The molecular weight excluding hydrogens is 562 g/mol. The van der Waals surface area contributed by atoms with Crippen molar-refractivity contribution in [2.24, 2.45) is 0 Å². The molecule has 232 valence electrons. The van der Waals surface area contributed by atoms with E-state index in [0.29, 0.717) is 12.2 Å². The molecule has 2 rings (SSSR count). The van der Waals surface area contributed by atoms with E-state index in [1.54, 1.807) is 13.3 Å². The van der Waals surface area contributed by atoms with Gasteiger partial charge in [-0.25, -0.2) is 0 Å². The van der Waals surface area contributed by atoms with Crippen molar-refractivity contribution in [3.8, 4) is 11.5 Å². The molecule has 1 aromatic carbocycles. The van der Waals surface area contributed by atoms with Gasteiger partial charge in [0, 0.05) is 11.1 Å². The number of rotatable bonds is 16. The maximum absolute atomic E-state index is 12.7. The number of ether oxygens (including phenoxy) is 2. The van der Waals surface area contributed by atoms with E-state index < -0.39 is 21.0 Å². The van der Waals surface area contributed by atoms with Gasteiger partial charge in [0.2, 0.25) is 0 Å². The van der Waals surface area contributed by atoms with Crippen LogP contribution in [0.5, 0.6) is 11.5 Å². The fraction of sp³-hybridized carbons (Fsp3) is 0.629. The minimum absolute atomic E-state index is 0.0991. The lowest BCUT2D eigenvalue weighted by molar-refractivity contribution is -0.134. The molecule has 0 aliphatic carbocycles. The summed E-state index contributed by atoms with van der Waals surface area (Å²) in [5.74, 6) is 1.15. The van der Waals surface area contributed by atoms with Gasteiger partial charge in [-0.2, -0.15) is 0 Å². The molecule has 7 heteroatoms. The predicted octanol–water partition coefficient (Wildman–Crippen LogP) is 10.8. The minimum Gasteiger partial charge on any atom is -0.487 e. The molecule has 42 heavy (non-hydrogen) atoms. The summed E-state index contributed by atoms with van der Waals surface area (Å²) in [5.41, 5.74) is 7.10. The summed E-state index contributed by atoms with van der Waals surface area (Å²) in [6.07, 6.45) is 16.4. The summed E-state index contributed by atoms with van der Waals surface area (Å²) in [5, 5.41) is -0.453. The molecule has 3 unspecified atom stereocenters. The Morgan fingerprint density at radius 2 is 1.60 bits per heavy atom. The Balaban J connectivity index is 1.99. The molecular formula is C35H54O5P2+2. The second-order valence-electron chi connectivity index (χ2n) is 12.5. The third-order valence-electron chi connectivity index (χ3n) is 8.21. The largest absolute Gasteiger partial charge is 0.487 e. The van der Waals surface area contributed by atoms with Gasteiger partial charge in [-0.3, -0.25) is 4.79 Å². The van der Waals surface area contributed by atoms with Crippen LogP contribution in [0, 0.1) is 6.92 Å². The van der Waals surface area contributed by atoms with Gasteiger partial charge in [-0.15, -0.1) is 0 Å². The number of allylic oxidation sites excluding steroid dienone is 6. The number of hydrogen-bond donors (Lipinski definition) is 0. The van der Waals surface area contributed by atoms with E-state index in [0.717, 1.165) is 80.2 Å². The number of esters is 1. The number of carbonyl (C=O) groups is 1. The summed E-state index contributed by atoms with van der Waals surface area (Å²) in [6, 6.07) is 2.01. The van der Waals surface area contributed by atoms with Gasteiger partial charge in [-0.05, 0) is 111 Å². The van der Waals surface area contributed by atoms with Crippen LogP contribution in [0.1, 0.15) is 116 Å². The zero-order valence-electron chi connectivity index (χ0n) is 27.6. The minimum atomic E-state index is -1.61. The zero-order valence-corrected chi connectivity index (χ0v) is 29.4. The first-order valence-electron chi connectivity index (χ1n) is 15.6. The molecule has 1 heterocycles. The quantitative estimate of drug-likeness (QED) is 0.0800. The first-order chi connectivity index (χ1) is 19.8. The fourth-order valence-electron chi connectivity index (χ4n) is 5.60. The Bertz CT molecular complexity index is 1210. The SMILES string of the molecule is CCc1c2c(cc(C)c1OC(=O)CCC([P+](C)=O)[P+](C)=O)OC(C)(CCC=C(C)CCC=C(C)CCC=C(C)C)CC2. The smallest absolute Gasteiger partial charge is 0.389 e. The van der Waals surface area contributed by atoms with E-state index in [2.05, 4.69) is 59.8 Å². The highest BCUT2D eigenvalue weighted by atomic mass is 31.2. The van der Waals surface area contributed by atoms with Crippen molar-refractivity contribution in [1.29, 1.82) is 0 Å². The molecule has 0 fully saturated rings. The average Bonchev–Trinajstić information content (AvgIpc) is 2.88. The summed E-state index contributed by atoms with van der Waals surface area (Å²) >= 11 is 0. The van der Waals surface area contributed by atoms with Crippen LogP contribution >= 0.6 is 15.6 Å². The standard InChI is InChI=1S/C35H54O5P2/c1-10-29-30-21-23-35(7,22-13-18-27(5)17-12-16-26(4)15-11-14-25(2)3)40-31(30)24-28(6)34(29)39-32(36)19-20-33(41(8)37)42(9)38/h14,16,18,24,33H,10-13,15,17,19-23H2,1-9H3/q+2. The molecule has 0 bridgehead atoms. The second-order valence-corrected chi connectivity index (χ2v) is 16.3. The number of carbonyl (C=O) groups excluding carboxylic acids is 1. The molecule has 3 atom stereocenters. The van der Waals surface area contributed by atoms with E-state index >= 15 is 0 Å². The van der Waals surface area contributed by atoms with Gasteiger partial charge in [0.05, 0.1) is 12.8 Å². The Morgan fingerprint density at radius 1 is 1.00 bits per heavy atom. The van der Waals surface area contributed by atoms with Gasteiger partial charge in [0.15, 0.2) is 0 Å². The molecule has 5 nitrogen and oxygen atoms in total. The Morgan fingerprint density at radius 3 is 2.17 bits per heavy atom. The van der Waals surface area contributed by atoms with E-state index in [1.807, 2.05) is 13.0 Å². The summed E-state index contributed by atoms with van der Waals surface area (Å²) < 4.78 is 36.3. The Labute approximate surface area is 257 Å². The first-order valence-corrected chi connectivity index (χ1v) is 19.1. The Hall–Kier alpha value is -2.09. The average molecular weight is 617 g/mol. The number of hydrogen-bond acceptors (Lipinski definition) is 5. The van der Waals surface area contributed by atoms with Crippen LogP contribution in [-0.2, 0) is 26.8 Å². The van der Waals surface area contributed by atoms with Crippen LogP contribution in [0.4, 0.5) is 0 Å². The molecule has 0 spiro atoms. The van der Waals surface area contributed by atoms with Crippen LogP contribution in [-0.4, -0.2) is 30.3 Å². The van der Waals surface area contributed by atoms with Crippen LogP contribution in [0.3, 0.4) is 0 Å². The van der Waals surface area contributed by atoms with E-state index in [9.17, 15) is 13.9 Å². The van der Waals surface area contributed by atoms with E-state index in [4.69, 9.17) is 9.47 Å². The summed E-state index contributed by atoms with van der Waals surface area (Å²) in [6.45, 7) is 18.2. The van der Waals surface area contributed by atoms with Crippen LogP contribution < -0.4 is 9.47 Å². The molecule has 0 radical (unpaired) electrons. The molecule has 0 N–H and O–H groups in total. The highest BCUT2D eigenvalue weighted by Gasteiger charge is 2.40. The highest BCUT2D eigenvalue weighted by Crippen LogP contribution is 2.44. The normalized spacial score (nSPS) is 18.5. The monoisotopic (exact) mass is 616 g/mol. The van der Waals surface area contributed by atoms with Crippen molar-refractivity contribution < 1.29 is 23.4 Å². The molecule has 1 aliphatic rings. The number of aryl methyl sites for hydroxylation is 1. The van der Waals surface area contributed by atoms with Gasteiger partial charge < -0.3 is 9.47 Å². The predicted molar refractivity (Wildman–Crippen MR) is 178 cm³/mol. The van der Waals surface area contributed by atoms with Crippen molar-refractivity contribution >= 4 is 21.6 Å².